The van der Waals surface area contributed by atoms with Gasteiger partial charge in [0.2, 0.25) is 11.9 Å². The number of benzene rings is 1. The fourth-order valence-electron chi connectivity index (χ4n) is 2.67. The predicted octanol–water partition coefficient (Wildman–Crippen LogP) is 1.98. The van der Waals surface area contributed by atoms with E-state index < -0.39 is 5.41 Å². The molecule has 2 N–H and O–H groups in total. The van der Waals surface area contributed by atoms with Gasteiger partial charge >= 0.3 is 0 Å². The van der Waals surface area contributed by atoms with Gasteiger partial charge in [-0.05, 0) is 37.6 Å². The highest BCUT2D eigenvalue weighted by atomic mass is 16.2. The van der Waals surface area contributed by atoms with E-state index >= 15 is 0 Å². The van der Waals surface area contributed by atoms with Gasteiger partial charge in [-0.1, -0.05) is 6.07 Å². The fraction of sp³-hybridized carbons (Fsp3) is 0.267. The van der Waals surface area contributed by atoms with Crippen LogP contribution >= 0.6 is 0 Å². The molecule has 102 valence electrons. The highest BCUT2D eigenvalue weighted by Crippen LogP contribution is 2.42. The number of rotatable bonds is 1. The third-order valence-corrected chi connectivity index (χ3v) is 3.84. The molecule has 2 aromatic rings. The lowest BCUT2D eigenvalue weighted by Gasteiger charge is -2.16. The van der Waals surface area contributed by atoms with Crippen molar-refractivity contribution >= 4 is 17.5 Å². The Morgan fingerprint density at radius 2 is 2.00 bits per heavy atom. The molecule has 5 heteroatoms. The van der Waals surface area contributed by atoms with Crippen molar-refractivity contribution in [2.24, 2.45) is 0 Å². The Labute approximate surface area is 117 Å². The minimum atomic E-state index is -0.515. The summed E-state index contributed by atoms with van der Waals surface area (Å²) < 4.78 is 0. The molecule has 1 aromatic heterocycles. The van der Waals surface area contributed by atoms with Gasteiger partial charge in [0.15, 0.2) is 0 Å². The summed E-state index contributed by atoms with van der Waals surface area (Å²) in [5.41, 5.74) is 8.77. The lowest BCUT2D eigenvalue weighted by molar-refractivity contribution is -0.121. The third kappa shape index (κ3) is 1.66. The van der Waals surface area contributed by atoms with Crippen LogP contribution in [0.1, 0.15) is 19.4 Å². The van der Waals surface area contributed by atoms with Crippen molar-refractivity contribution < 1.29 is 4.79 Å². The molecule has 0 saturated heterocycles. The largest absolute Gasteiger partial charge is 0.368 e. The van der Waals surface area contributed by atoms with Crippen molar-refractivity contribution in [1.29, 1.82) is 0 Å². The van der Waals surface area contributed by atoms with Crippen LogP contribution in [-0.4, -0.2) is 22.9 Å². The molecule has 0 saturated carbocycles. The summed E-state index contributed by atoms with van der Waals surface area (Å²) in [5.74, 6) is 0.349. The number of carbonyl (C=O) groups excluding carboxylic acids is 1. The smallest absolute Gasteiger partial charge is 0.236 e. The van der Waals surface area contributed by atoms with Gasteiger partial charge in [0.25, 0.3) is 0 Å². The number of anilines is 2. The second-order valence-corrected chi connectivity index (χ2v) is 5.52. The van der Waals surface area contributed by atoms with Crippen LogP contribution in [0, 0.1) is 0 Å². The zero-order valence-corrected chi connectivity index (χ0v) is 11.7. The molecule has 1 amide bonds. The topological polar surface area (TPSA) is 72.1 Å². The highest BCUT2D eigenvalue weighted by molar-refractivity contribution is 6.07. The highest BCUT2D eigenvalue weighted by Gasteiger charge is 2.42. The van der Waals surface area contributed by atoms with Crippen molar-refractivity contribution in [3.05, 3.63) is 36.0 Å². The third-order valence-electron chi connectivity index (χ3n) is 3.84. The van der Waals surface area contributed by atoms with Gasteiger partial charge < -0.3 is 10.6 Å². The van der Waals surface area contributed by atoms with Crippen molar-refractivity contribution in [2.45, 2.75) is 19.3 Å². The Bertz CT molecular complexity index is 709. The summed E-state index contributed by atoms with van der Waals surface area (Å²) in [6.45, 7) is 3.88. The summed E-state index contributed by atoms with van der Waals surface area (Å²) in [6.07, 6.45) is 1.63. The van der Waals surface area contributed by atoms with Gasteiger partial charge in [0.1, 0.15) is 0 Å². The van der Waals surface area contributed by atoms with Crippen LogP contribution in [0.5, 0.6) is 0 Å². The standard InChI is InChI=1S/C15H16N4O/c1-15(2)10-8-9(11-6-7-17-14(16)18-11)4-5-12(10)19(3)13(15)20/h4-8H,1-3H3,(H2,16,17,18). The Morgan fingerprint density at radius 3 is 2.70 bits per heavy atom. The first-order valence-corrected chi connectivity index (χ1v) is 6.43. The Balaban J connectivity index is 2.16. The van der Waals surface area contributed by atoms with Crippen molar-refractivity contribution in [3.63, 3.8) is 0 Å². The summed E-state index contributed by atoms with van der Waals surface area (Å²) >= 11 is 0. The van der Waals surface area contributed by atoms with Crippen LogP contribution in [0.25, 0.3) is 11.3 Å². The molecule has 0 radical (unpaired) electrons. The fourth-order valence-corrected chi connectivity index (χ4v) is 2.67. The lowest BCUT2D eigenvalue weighted by Crippen LogP contribution is -2.33. The number of fused-ring (bicyclic) bond motifs is 1. The maximum Gasteiger partial charge on any atom is 0.236 e. The monoisotopic (exact) mass is 268 g/mol. The summed E-state index contributed by atoms with van der Waals surface area (Å²) in [5, 5.41) is 0. The van der Waals surface area contributed by atoms with E-state index in [1.165, 1.54) is 0 Å². The minimum Gasteiger partial charge on any atom is -0.368 e. The molecule has 2 heterocycles. The van der Waals surface area contributed by atoms with Gasteiger partial charge in [-0.2, -0.15) is 0 Å². The van der Waals surface area contributed by atoms with Gasteiger partial charge in [-0.15, -0.1) is 0 Å². The average Bonchev–Trinajstić information content (AvgIpc) is 2.60. The zero-order valence-electron chi connectivity index (χ0n) is 11.7. The Morgan fingerprint density at radius 1 is 1.25 bits per heavy atom. The van der Waals surface area contributed by atoms with Crippen LogP contribution in [0.3, 0.4) is 0 Å². The number of nitrogens with two attached hydrogens (primary N) is 1. The minimum absolute atomic E-state index is 0.104. The summed E-state index contributed by atoms with van der Waals surface area (Å²) in [4.78, 5) is 22.1. The van der Waals surface area contributed by atoms with Crippen LogP contribution in [0.2, 0.25) is 0 Å². The number of hydrogen-bond donors (Lipinski definition) is 1. The van der Waals surface area contributed by atoms with E-state index in [-0.39, 0.29) is 11.9 Å². The molecule has 3 rings (SSSR count). The van der Waals surface area contributed by atoms with E-state index in [1.807, 2.05) is 38.1 Å². The first-order chi connectivity index (χ1) is 9.41. The first-order valence-electron chi connectivity index (χ1n) is 6.43. The molecule has 1 aromatic carbocycles. The van der Waals surface area contributed by atoms with E-state index in [2.05, 4.69) is 9.97 Å². The van der Waals surface area contributed by atoms with Crippen molar-refractivity contribution in [3.8, 4) is 11.3 Å². The molecule has 0 spiro atoms. The van der Waals surface area contributed by atoms with E-state index in [0.717, 1.165) is 22.5 Å². The molecule has 20 heavy (non-hydrogen) atoms. The zero-order chi connectivity index (χ0) is 14.5. The van der Waals surface area contributed by atoms with Gasteiger partial charge in [-0.25, -0.2) is 9.97 Å². The lowest BCUT2D eigenvalue weighted by atomic mass is 9.85. The number of carbonyl (C=O) groups is 1. The number of likely N-dealkylation sites (N-methyl/N-ethyl adjacent to an activating group) is 1. The van der Waals surface area contributed by atoms with E-state index in [1.54, 1.807) is 18.1 Å². The molecule has 0 aliphatic carbocycles. The molecule has 0 atom stereocenters. The normalized spacial score (nSPS) is 16.4. The summed E-state index contributed by atoms with van der Waals surface area (Å²) in [6, 6.07) is 7.73. The van der Waals surface area contributed by atoms with Gasteiger partial charge in [0.05, 0.1) is 11.1 Å². The number of amides is 1. The van der Waals surface area contributed by atoms with Gasteiger partial charge in [-0.3, -0.25) is 4.79 Å². The number of nitrogen functional groups attached to an aromatic ring is 1. The molecule has 0 bridgehead atoms. The second-order valence-electron chi connectivity index (χ2n) is 5.52. The molecule has 1 aliphatic heterocycles. The van der Waals surface area contributed by atoms with Crippen LogP contribution in [-0.2, 0) is 10.2 Å². The molecule has 1 aliphatic rings. The van der Waals surface area contributed by atoms with Crippen molar-refractivity contribution in [2.75, 3.05) is 17.7 Å². The molecule has 5 nitrogen and oxygen atoms in total. The summed E-state index contributed by atoms with van der Waals surface area (Å²) in [7, 11) is 1.80. The number of hydrogen-bond acceptors (Lipinski definition) is 4. The Hall–Kier alpha value is -2.43. The van der Waals surface area contributed by atoms with Crippen LogP contribution < -0.4 is 10.6 Å². The average molecular weight is 268 g/mol. The maximum atomic E-state index is 12.3. The Kier molecular flexibility index (Phi) is 2.54. The molecule has 0 unspecified atom stereocenters. The SMILES string of the molecule is CN1C(=O)C(C)(C)c2cc(-c3ccnc(N)n3)ccc21. The number of nitrogens with zero attached hydrogens (tertiary/aromatic N) is 3. The van der Waals surface area contributed by atoms with E-state index in [0.29, 0.717) is 0 Å². The molecular formula is C15H16N4O. The molecule has 0 fully saturated rings. The van der Waals surface area contributed by atoms with Gasteiger partial charge in [0, 0.05) is 24.5 Å². The molecular weight excluding hydrogens is 252 g/mol. The van der Waals surface area contributed by atoms with E-state index in [4.69, 9.17) is 5.73 Å². The maximum absolute atomic E-state index is 12.3. The van der Waals surface area contributed by atoms with Crippen LogP contribution in [0.15, 0.2) is 30.5 Å². The van der Waals surface area contributed by atoms with Crippen molar-refractivity contribution in [1.82, 2.24) is 9.97 Å². The first kappa shape index (κ1) is 12.6. The number of aromatic nitrogens is 2. The second kappa shape index (κ2) is 4.03. The predicted molar refractivity (Wildman–Crippen MR) is 78.3 cm³/mol. The quantitative estimate of drug-likeness (QED) is 0.858. The van der Waals surface area contributed by atoms with E-state index in [9.17, 15) is 4.79 Å². The van der Waals surface area contributed by atoms with Crippen LogP contribution in [0.4, 0.5) is 11.6 Å².